The summed E-state index contributed by atoms with van der Waals surface area (Å²) in [6, 6.07) is 0. The molecule has 0 N–H and O–H groups in total. The van der Waals surface area contributed by atoms with Gasteiger partial charge in [0.05, 0.1) is 12.2 Å². The van der Waals surface area contributed by atoms with Crippen LogP contribution in [-0.4, -0.2) is 18.2 Å². The third kappa shape index (κ3) is 1.87. The first-order valence-electron chi connectivity index (χ1n) is 5.86. The van der Waals surface area contributed by atoms with Crippen LogP contribution in [-0.2, 0) is 14.3 Å². The number of carbonyl (C=O) groups excluding carboxylic acids is 1. The first-order valence-corrected chi connectivity index (χ1v) is 5.86. The van der Waals surface area contributed by atoms with Gasteiger partial charge in [0.2, 0.25) is 0 Å². The summed E-state index contributed by atoms with van der Waals surface area (Å²) in [5, 5.41) is 0. The van der Waals surface area contributed by atoms with Gasteiger partial charge < -0.3 is 9.47 Å². The van der Waals surface area contributed by atoms with Crippen LogP contribution in [0.3, 0.4) is 0 Å². The first-order chi connectivity index (χ1) is 8.24. The second-order valence-electron chi connectivity index (χ2n) is 4.60. The SMILES string of the molecule is C[C@H]1[C@@H](/C=C2/C=CC(=O)O2)[C@H]2C=CC=C[C@H]1O2. The maximum absolute atomic E-state index is 11.0. The van der Waals surface area contributed by atoms with Crippen molar-refractivity contribution in [3.8, 4) is 0 Å². The highest BCUT2D eigenvalue weighted by Crippen LogP contribution is 2.37. The summed E-state index contributed by atoms with van der Waals surface area (Å²) in [4.78, 5) is 11.0. The Kier molecular flexibility index (Phi) is 2.48. The molecule has 0 saturated carbocycles. The van der Waals surface area contributed by atoms with Crippen LogP contribution in [0.25, 0.3) is 0 Å². The number of rotatable bonds is 1. The second-order valence-corrected chi connectivity index (χ2v) is 4.60. The number of carbonyl (C=O) groups is 1. The average molecular weight is 230 g/mol. The minimum atomic E-state index is -0.293. The van der Waals surface area contributed by atoms with Gasteiger partial charge in [0.1, 0.15) is 5.76 Å². The van der Waals surface area contributed by atoms with Crippen molar-refractivity contribution < 1.29 is 14.3 Å². The summed E-state index contributed by atoms with van der Waals surface area (Å²) in [7, 11) is 0. The fourth-order valence-corrected chi connectivity index (χ4v) is 2.52. The van der Waals surface area contributed by atoms with Gasteiger partial charge in [-0.1, -0.05) is 31.2 Å². The van der Waals surface area contributed by atoms with Crippen LogP contribution in [0, 0.1) is 11.8 Å². The van der Waals surface area contributed by atoms with Gasteiger partial charge in [0, 0.05) is 12.0 Å². The molecule has 2 bridgehead atoms. The Morgan fingerprint density at radius 1 is 1.18 bits per heavy atom. The number of esters is 1. The van der Waals surface area contributed by atoms with Gasteiger partial charge >= 0.3 is 5.97 Å². The van der Waals surface area contributed by atoms with Crippen LogP contribution in [0.2, 0.25) is 0 Å². The number of hydrogen-bond acceptors (Lipinski definition) is 3. The van der Waals surface area contributed by atoms with Crippen LogP contribution in [0.1, 0.15) is 6.92 Å². The summed E-state index contributed by atoms with van der Waals surface area (Å²) in [5.74, 6) is 0.991. The van der Waals surface area contributed by atoms with Crippen molar-refractivity contribution >= 4 is 5.97 Å². The Morgan fingerprint density at radius 3 is 2.65 bits per heavy atom. The molecule has 3 aliphatic rings. The molecular weight excluding hydrogens is 216 g/mol. The molecule has 1 fully saturated rings. The van der Waals surface area contributed by atoms with E-state index < -0.39 is 0 Å². The van der Waals surface area contributed by atoms with Gasteiger partial charge in [-0.15, -0.1) is 0 Å². The van der Waals surface area contributed by atoms with E-state index in [0.717, 1.165) is 0 Å². The van der Waals surface area contributed by atoms with Gasteiger partial charge in [-0.25, -0.2) is 4.79 Å². The van der Waals surface area contributed by atoms with Crippen molar-refractivity contribution in [1.29, 1.82) is 0 Å². The number of ether oxygens (including phenoxy) is 2. The lowest BCUT2D eigenvalue weighted by atomic mass is 9.86. The van der Waals surface area contributed by atoms with E-state index in [2.05, 4.69) is 19.1 Å². The molecule has 0 spiro atoms. The minimum Gasteiger partial charge on any atom is -0.424 e. The molecule has 3 rings (SSSR count). The molecule has 3 aliphatic heterocycles. The second kappa shape index (κ2) is 4.00. The Labute approximate surface area is 100 Å². The van der Waals surface area contributed by atoms with Crippen molar-refractivity contribution in [2.75, 3.05) is 0 Å². The smallest absolute Gasteiger partial charge is 0.336 e. The zero-order valence-corrected chi connectivity index (χ0v) is 9.58. The van der Waals surface area contributed by atoms with Crippen molar-refractivity contribution in [2.45, 2.75) is 19.1 Å². The largest absolute Gasteiger partial charge is 0.424 e. The molecule has 0 unspecified atom stereocenters. The van der Waals surface area contributed by atoms with E-state index in [1.807, 2.05) is 18.2 Å². The highest BCUT2D eigenvalue weighted by Gasteiger charge is 2.39. The van der Waals surface area contributed by atoms with Gasteiger partial charge in [-0.05, 0) is 18.1 Å². The summed E-state index contributed by atoms with van der Waals surface area (Å²) in [5.41, 5.74) is 0. The van der Waals surface area contributed by atoms with Crippen LogP contribution in [0.5, 0.6) is 0 Å². The van der Waals surface area contributed by atoms with Gasteiger partial charge in [-0.3, -0.25) is 0 Å². The molecule has 0 aromatic carbocycles. The lowest BCUT2D eigenvalue weighted by molar-refractivity contribution is -0.132. The monoisotopic (exact) mass is 230 g/mol. The van der Waals surface area contributed by atoms with Crippen LogP contribution in [0.15, 0.2) is 48.3 Å². The zero-order valence-electron chi connectivity index (χ0n) is 9.58. The molecule has 17 heavy (non-hydrogen) atoms. The average Bonchev–Trinajstić information content (AvgIpc) is 2.73. The summed E-state index contributed by atoms with van der Waals surface area (Å²) < 4.78 is 11.0. The summed E-state index contributed by atoms with van der Waals surface area (Å²) >= 11 is 0. The number of fused-ring (bicyclic) bond motifs is 2. The molecule has 3 heterocycles. The van der Waals surface area contributed by atoms with E-state index in [4.69, 9.17) is 9.47 Å². The molecule has 4 atom stereocenters. The van der Waals surface area contributed by atoms with Gasteiger partial charge in [0.15, 0.2) is 0 Å². The van der Waals surface area contributed by atoms with E-state index in [1.165, 1.54) is 6.08 Å². The normalized spacial score (nSPS) is 41.0. The molecule has 0 radical (unpaired) electrons. The predicted octanol–water partition coefficient (Wildman–Crippen LogP) is 2.13. The minimum absolute atomic E-state index is 0.0743. The topological polar surface area (TPSA) is 35.5 Å². The fraction of sp³-hybridized carbons (Fsp3) is 0.357. The van der Waals surface area contributed by atoms with E-state index in [-0.39, 0.29) is 24.1 Å². The van der Waals surface area contributed by atoms with Crippen molar-refractivity contribution in [3.05, 3.63) is 48.3 Å². The van der Waals surface area contributed by atoms with Crippen molar-refractivity contribution in [2.24, 2.45) is 11.8 Å². The molecule has 0 aromatic heterocycles. The van der Waals surface area contributed by atoms with E-state index >= 15 is 0 Å². The number of hydrogen-bond donors (Lipinski definition) is 0. The molecule has 88 valence electrons. The van der Waals surface area contributed by atoms with Crippen molar-refractivity contribution in [3.63, 3.8) is 0 Å². The van der Waals surface area contributed by atoms with Gasteiger partial charge in [-0.2, -0.15) is 0 Å². The number of cyclic esters (lactones) is 1. The lowest BCUT2D eigenvalue weighted by Crippen LogP contribution is -2.17. The maximum atomic E-state index is 11.0. The first kappa shape index (κ1) is 10.5. The van der Waals surface area contributed by atoms with E-state index in [1.54, 1.807) is 6.08 Å². The Balaban J connectivity index is 1.84. The molecule has 1 saturated heterocycles. The highest BCUT2D eigenvalue weighted by molar-refractivity contribution is 5.86. The highest BCUT2D eigenvalue weighted by atomic mass is 16.5. The number of allylic oxidation sites excluding steroid dienone is 3. The fourth-order valence-electron chi connectivity index (χ4n) is 2.52. The quantitative estimate of drug-likeness (QED) is 0.647. The molecule has 0 aromatic rings. The lowest BCUT2D eigenvalue weighted by Gasteiger charge is -2.15. The molecule has 3 nitrogen and oxygen atoms in total. The molecule has 3 heteroatoms. The third-order valence-corrected chi connectivity index (χ3v) is 3.49. The van der Waals surface area contributed by atoms with Crippen molar-refractivity contribution in [1.82, 2.24) is 0 Å². The van der Waals surface area contributed by atoms with Gasteiger partial charge in [0.25, 0.3) is 0 Å². The zero-order chi connectivity index (χ0) is 11.8. The summed E-state index contributed by atoms with van der Waals surface area (Å²) in [6.45, 7) is 2.16. The van der Waals surface area contributed by atoms with E-state index in [0.29, 0.717) is 11.7 Å². The molecular formula is C14H14O3. The van der Waals surface area contributed by atoms with Crippen LogP contribution in [0.4, 0.5) is 0 Å². The van der Waals surface area contributed by atoms with Crippen LogP contribution >= 0.6 is 0 Å². The Morgan fingerprint density at radius 2 is 1.94 bits per heavy atom. The standard InChI is InChI=1S/C14H14O3/c1-9-11(8-10-6-7-14(15)16-10)13-5-3-2-4-12(9)17-13/h2-9,11-13H,1H3/b10-8-/t9-,11+,12+,13+/m0/s1. The molecule has 0 aliphatic carbocycles. The van der Waals surface area contributed by atoms with Crippen LogP contribution < -0.4 is 0 Å². The van der Waals surface area contributed by atoms with E-state index in [9.17, 15) is 4.79 Å². The molecule has 0 amide bonds. The third-order valence-electron chi connectivity index (χ3n) is 3.49. The summed E-state index contributed by atoms with van der Waals surface area (Å²) in [6.07, 6.45) is 13.6. The Bertz CT molecular complexity index is 456. The Hall–Kier alpha value is -1.61. The maximum Gasteiger partial charge on any atom is 0.336 e. The predicted molar refractivity (Wildman–Crippen MR) is 62.9 cm³/mol.